The number of ether oxygens (including phenoxy) is 3. The molecule has 0 aromatic heterocycles. The third-order valence-corrected chi connectivity index (χ3v) is 12.8. The van der Waals surface area contributed by atoms with Gasteiger partial charge in [-0.1, -0.05) is 51.7 Å². The number of fused-ring (bicyclic) bond motifs is 4. The van der Waals surface area contributed by atoms with E-state index in [1.165, 1.54) is 63.8 Å². The van der Waals surface area contributed by atoms with Gasteiger partial charge in [0.05, 0.1) is 63.8 Å². The van der Waals surface area contributed by atoms with E-state index in [0.29, 0.717) is 36.5 Å². The molecule has 2 aromatic rings. The minimum absolute atomic E-state index is 0.0837. The molecular formula is C36H55N2O6S+. The Hall–Kier alpha value is -2.33. The maximum atomic E-state index is 14.2. The third kappa shape index (κ3) is 7.32. The summed E-state index contributed by atoms with van der Waals surface area (Å²) in [6.45, 7) is 13.7. The van der Waals surface area contributed by atoms with Crippen LogP contribution in [0.4, 0.5) is 0 Å². The number of benzene rings is 2. The number of hydrogen-bond donors (Lipinski definition) is 1. The third-order valence-electron chi connectivity index (χ3n) is 10.9. The van der Waals surface area contributed by atoms with Gasteiger partial charge in [-0.3, -0.25) is 4.90 Å². The first-order valence-corrected chi connectivity index (χ1v) is 18.8. The Labute approximate surface area is 271 Å². The summed E-state index contributed by atoms with van der Waals surface area (Å²) in [7, 11) is -0.672. The molecule has 0 aliphatic carbocycles. The summed E-state index contributed by atoms with van der Waals surface area (Å²) < 4.78 is 46.9. The fourth-order valence-corrected chi connectivity index (χ4v) is 10.2. The van der Waals surface area contributed by atoms with Crippen LogP contribution in [0.2, 0.25) is 0 Å². The number of aliphatic hydroxyl groups is 1. The zero-order valence-electron chi connectivity index (χ0n) is 27.9. The van der Waals surface area contributed by atoms with Crippen LogP contribution in [0, 0.1) is 5.41 Å². The number of aliphatic hydroxyl groups excluding tert-OH is 1. The molecule has 0 amide bonds. The van der Waals surface area contributed by atoms with Crippen molar-refractivity contribution in [1.82, 2.24) is 4.90 Å². The molecule has 4 aliphatic rings. The maximum absolute atomic E-state index is 14.2. The van der Waals surface area contributed by atoms with Crippen LogP contribution in [-0.4, -0.2) is 101 Å². The summed E-state index contributed by atoms with van der Waals surface area (Å²) in [5, 5.41) is 12.4. The zero-order valence-corrected chi connectivity index (χ0v) is 28.7. The van der Waals surface area contributed by atoms with Gasteiger partial charge in [-0.15, -0.1) is 0 Å². The second-order valence-corrected chi connectivity index (χ2v) is 15.7. The first-order valence-electron chi connectivity index (χ1n) is 17.2. The van der Waals surface area contributed by atoms with E-state index >= 15 is 0 Å². The first-order chi connectivity index (χ1) is 21.7. The fourth-order valence-electron chi connectivity index (χ4n) is 8.02. The van der Waals surface area contributed by atoms with E-state index < -0.39 is 27.3 Å². The van der Waals surface area contributed by atoms with E-state index in [-0.39, 0.29) is 10.6 Å². The molecule has 2 unspecified atom stereocenters. The van der Waals surface area contributed by atoms with Crippen molar-refractivity contribution in [3.05, 3.63) is 47.5 Å². The van der Waals surface area contributed by atoms with Crippen molar-refractivity contribution in [1.29, 1.82) is 0 Å². The van der Waals surface area contributed by atoms with Gasteiger partial charge in [-0.05, 0) is 55.0 Å². The van der Waals surface area contributed by atoms with Crippen LogP contribution in [-0.2, 0) is 9.84 Å². The van der Waals surface area contributed by atoms with E-state index in [2.05, 4.69) is 18.7 Å². The predicted molar refractivity (Wildman–Crippen MR) is 178 cm³/mol. The molecule has 4 aliphatic heterocycles. The number of unbranched alkanes of at least 4 members (excludes halogenated alkanes) is 3. The molecular weight excluding hydrogens is 588 g/mol. The highest BCUT2D eigenvalue weighted by molar-refractivity contribution is 7.91. The lowest BCUT2D eigenvalue weighted by atomic mass is 9.68. The Morgan fingerprint density at radius 2 is 1.49 bits per heavy atom. The van der Waals surface area contributed by atoms with Crippen LogP contribution >= 0.6 is 0 Å². The molecule has 6 rings (SSSR count). The molecule has 45 heavy (non-hydrogen) atoms. The summed E-state index contributed by atoms with van der Waals surface area (Å²) in [6, 6.07) is 11.3. The molecule has 2 aromatic carbocycles. The van der Waals surface area contributed by atoms with Gasteiger partial charge in [0, 0.05) is 37.0 Å². The SMILES string of the molecule is CCCCC1(CCCC)CS(=O)(=O)c2cc(OC)c(OC)cc2C(c2ccc(OCCCC[N+]34CCN(CC3)CC4)cc2)C1O. The van der Waals surface area contributed by atoms with Gasteiger partial charge >= 0.3 is 0 Å². The number of nitrogens with zero attached hydrogens (tertiary/aromatic N) is 2. The molecule has 250 valence electrons. The quantitative estimate of drug-likeness (QED) is 0.198. The van der Waals surface area contributed by atoms with Gasteiger partial charge < -0.3 is 23.8 Å². The largest absolute Gasteiger partial charge is 0.494 e. The van der Waals surface area contributed by atoms with Gasteiger partial charge in [0.1, 0.15) is 5.75 Å². The molecule has 8 nitrogen and oxygen atoms in total. The number of piperazine rings is 3. The number of sulfone groups is 1. The highest BCUT2D eigenvalue weighted by Gasteiger charge is 2.50. The van der Waals surface area contributed by atoms with Crippen molar-refractivity contribution in [2.24, 2.45) is 5.41 Å². The van der Waals surface area contributed by atoms with E-state index in [1.54, 1.807) is 19.2 Å². The Bertz CT molecular complexity index is 1350. The summed E-state index contributed by atoms with van der Waals surface area (Å²) >= 11 is 0. The Kier molecular flexibility index (Phi) is 11.0. The molecule has 2 bridgehead atoms. The van der Waals surface area contributed by atoms with Gasteiger partial charge in [0.25, 0.3) is 0 Å². The lowest BCUT2D eigenvalue weighted by Gasteiger charge is -2.50. The average molecular weight is 644 g/mol. The van der Waals surface area contributed by atoms with Crippen LogP contribution in [0.15, 0.2) is 41.3 Å². The van der Waals surface area contributed by atoms with Crippen LogP contribution in [0.1, 0.15) is 82.3 Å². The molecule has 2 atom stereocenters. The lowest BCUT2D eigenvalue weighted by molar-refractivity contribution is -0.941. The number of methoxy groups -OCH3 is 2. The highest BCUT2D eigenvalue weighted by Crippen LogP contribution is 2.51. The number of hydrogen-bond acceptors (Lipinski definition) is 7. The van der Waals surface area contributed by atoms with E-state index in [4.69, 9.17) is 14.2 Å². The second kappa shape index (κ2) is 14.6. The van der Waals surface area contributed by atoms with E-state index in [1.807, 2.05) is 24.3 Å². The van der Waals surface area contributed by atoms with Crippen molar-refractivity contribution in [2.45, 2.75) is 82.1 Å². The van der Waals surface area contributed by atoms with Crippen LogP contribution in [0.3, 0.4) is 0 Å². The van der Waals surface area contributed by atoms with Crippen LogP contribution in [0.25, 0.3) is 0 Å². The standard InChI is InChI=1S/C36H55N2O6S/c1-5-7-15-36(16-8-6-2)27-45(40,41)33-26-32(43-4)31(42-3)25-30(33)34(35(36)39)28-11-13-29(14-12-28)44-24-10-9-20-38-21-17-37(18-22-38)19-23-38/h11-14,25-26,34-35,39H,5-10,15-24,27H2,1-4H3/q+1. The van der Waals surface area contributed by atoms with Gasteiger partial charge in [-0.25, -0.2) is 8.42 Å². The fraction of sp³-hybridized carbons (Fsp3) is 0.667. The predicted octanol–water partition coefficient (Wildman–Crippen LogP) is 5.66. The zero-order chi connectivity index (χ0) is 32.1. The first kappa shape index (κ1) is 34.0. The topological polar surface area (TPSA) is 85.3 Å². The van der Waals surface area contributed by atoms with Crippen molar-refractivity contribution in [2.75, 3.05) is 72.4 Å². The maximum Gasteiger partial charge on any atom is 0.179 e. The van der Waals surface area contributed by atoms with Crippen molar-refractivity contribution >= 4 is 9.84 Å². The van der Waals surface area contributed by atoms with E-state index in [9.17, 15) is 13.5 Å². The molecule has 3 fully saturated rings. The van der Waals surface area contributed by atoms with Gasteiger partial charge in [-0.2, -0.15) is 0 Å². The monoisotopic (exact) mass is 643 g/mol. The second-order valence-electron chi connectivity index (χ2n) is 13.7. The highest BCUT2D eigenvalue weighted by atomic mass is 32.2. The normalized spacial score (nSPS) is 26.6. The molecule has 4 heterocycles. The molecule has 0 spiro atoms. The molecule has 9 heteroatoms. The van der Waals surface area contributed by atoms with Crippen LogP contribution < -0.4 is 14.2 Å². The lowest BCUT2D eigenvalue weighted by Crippen LogP contribution is -2.67. The van der Waals surface area contributed by atoms with Gasteiger partial charge in [0.2, 0.25) is 0 Å². The van der Waals surface area contributed by atoms with Crippen molar-refractivity contribution < 1.29 is 32.2 Å². The molecule has 3 saturated heterocycles. The smallest absolute Gasteiger partial charge is 0.179 e. The Morgan fingerprint density at radius 3 is 2.07 bits per heavy atom. The summed E-state index contributed by atoms with van der Waals surface area (Å²) in [5.41, 5.74) is 0.671. The van der Waals surface area contributed by atoms with Crippen molar-refractivity contribution in [3.8, 4) is 17.2 Å². The molecule has 1 N–H and O–H groups in total. The minimum atomic E-state index is -3.74. The van der Waals surface area contributed by atoms with Gasteiger partial charge in [0.15, 0.2) is 21.3 Å². The average Bonchev–Trinajstić information content (AvgIpc) is 3.13. The minimum Gasteiger partial charge on any atom is -0.494 e. The summed E-state index contributed by atoms with van der Waals surface area (Å²) in [6.07, 6.45) is 6.20. The number of quaternary nitrogens is 1. The molecule has 0 radical (unpaired) electrons. The van der Waals surface area contributed by atoms with Crippen molar-refractivity contribution in [3.63, 3.8) is 0 Å². The van der Waals surface area contributed by atoms with E-state index in [0.717, 1.165) is 43.4 Å². The Balaban J connectivity index is 1.40. The summed E-state index contributed by atoms with van der Waals surface area (Å²) in [5.74, 6) is 0.996. The molecule has 0 saturated carbocycles. The Morgan fingerprint density at radius 1 is 0.889 bits per heavy atom. The van der Waals surface area contributed by atoms with Crippen LogP contribution in [0.5, 0.6) is 17.2 Å². The summed E-state index contributed by atoms with van der Waals surface area (Å²) in [4.78, 5) is 2.81. The number of rotatable bonds is 15.